The van der Waals surface area contributed by atoms with Gasteiger partial charge in [0.25, 0.3) is 0 Å². The van der Waals surface area contributed by atoms with Crippen molar-refractivity contribution in [3.8, 4) is 0 Å². The first-order chi connectivity index (χ1) is 17.6. The Kier molecular flexibility index (Phi) is 8.55. The fourth-order valence-corrected chi connectivity index (χ4v) is 5.28. The molecule has 3 N–H and O–H groups in total. The van der Waals surface area contributed by atoms with Gasteiger partial charge in [0.05, 0.1) is 12.1 Å². The van der Waals surface area contributed by atoms with Gasteiger partial charge < -0.3 is 15.7 Å². The third kappa shape index (κ3) is 7.11. The fraction of sp³-hybridized carbons (Fsp3) is 0.467. The van der Waals surface area contributed by atoms with Crippen molar-refractivity contribution in [3.05, 3.63) is 89.4 Å². The van der Waals surface area contributed by atoms with Crippen LogP contribution < -0.4 is 10.6 Å². The highest BCUT2D eigenvalue weighted by molar-refractivity contribution is 5.36. The lowest BCUT2D eigenvalue weighted by Crippen LogP contribution is -2.51. The summed E-state index contributed by atoms with van der Waals surface area (Å²) >= 11 is 0. The summed E-state index contributed by atoms with van der Waals surface area (Å²) < 4.78 is 27.8. The van der Waals surface area contributed by atoms with Gasteiger partial charge in [-0.05, 0) is 59.6 Å². The smallest absolute Gasteiger partial charge is 0.129 e. The Morgan fingerprint density at radius 1 is 1.00 bits per heavy atom. The molecule has 37 heavy (non-hydrogen) atoms. The molecule has 0 unspecified atom stereocenters. The molecule has 1 aliphatic rings. The Labute approximate surface area is 218 Å². The molecule has 0 spiro atoms. The number of benzene rings is 2. The summed E-state index contributed by atoms with van der Waals surface area (Å²) in [6.07, 6.45) is 7.84. The molecule has 1 heterocycles. The molecule has 0 bridgehead atoms. The van der Waals surface area contributed by atoms with Crippen molar-refractivity contribution in [1.82, 2.24) is 15.3 Å². The van der Waals surface area contributed by atoms with Crippen molar-refractivity contribution in [2.75, 3.05) is 11.9 Å². The number of halogens is 2. The molecule has 0 amide bonds. The first-order valence-corrected chi connectivity index (χ1v) is 13.2. The van der Waals surface area contributed by atoms with Crippen molar-refractivity contribution in [2.45, 2.75) is 82.4 Å². The normalized spacial score (nSPS) is 17.2. The number of aliphatic hydroxyl groups excluding tert-OH is 1. The molecule has 1 saturated carbocycles. The van der Waals surface area contributed by atoms with E-state index in [-0.39, 0.29) is 17.4 Å². The van der Waals surface area contributed by atoms with Gasteiger partial charge in [-0.15, -0.1) is 0 Å². The van der Waals surface area contributed by atoms with E-state index in [2.05, 4.69) is 65.6 Å². The highest BCUT2D eigenvalue weighted by Gasteiger charge is 2.35. The lowest BCUT2D eigenvalue weighted by molar-refractivity contribution is 0.122. The molecule has 2 atom stereocenters. The lowest BCUT2D eigenvalue weighted by Gasteiger charge is -2.41. The molecule has 4 rings (SSSR count). The molecule has 1 aromatic heterocycles. The summed E-state index contributed by atoms with van der Waals surface area (Å²) in [5, 5.41) is 18.4. The molecule has 0 aliphatic heterocycles. The van der Waals surface area contributed by atoms with E-state index >= 15 is 0 Å². The second kappa shape index (κ2) is 11.7. The number of nitrogens with zero attached hydrogens (tertiary/aromatic N) is 2. The number of hydrogen-bond donors (Lipinski definition) is 3. The highest BCUT2D eigenvalue weighted by atomic mass is 19.1. The minimum Gasteiger partial charge on any atom is -0.390 e. The minimum absolute atomic E-state index is 0.0398. The van der Waals surface area contributed by atoms with Gasteiger partial charge in [-0.3, -0.25) is 0 Å². The Balaban J connectivity index is 1.57. The maximum absolute atomic E-state index is 13.9. The average Bonchev–Trinajstić information content (AvgIpc) is 2.87. The van der Waals surface area contributed by atoms with Crippen LogP contribution in [-0.2, 0) is 17.4 Å². The second-order valence-electron chi connectivity index (χ2n) is 11.2. The standard InChI is InChI=1S/C30H38F2N4O/c1-29(2,3)22-8-7-9-23(17-22)30(11-5-4-6-12-30)35-19-27(37)26(36-28-10-13-33-20-34-28)16-21-14-24(31)18-25(32)15-21/h7-10,13-15,17-18,20,26-27,35,37H,4-6,11-12,16,19H2,1-3H3,(H,33,34,36)/t26-,27+/m0/s1. The van der Waals surface area contributed by atoms with Crippen LogP contribution in [0.2, 0.25) is 0 Å². The van der Waals surface area contributed by atoms with Crippen molar-refractivity contribution in [3.63, 3.8) is 0 Å². The van der Waals surface area contributed by atoms with Crippen LogP contribution in [0.3, 0.4) is 0 Å². The molecule has 1 fully saturated rings. The van der Waals surface area contributed by atoms with Crippen LogP contribution in [0.25, 0.3) is 0 Å². The molecule has 3 aromatic rings. The van der Waals surface area contributed by atoms with E-state index in [9.17, 15) is 13.9 Å². The number of aromatic nitrogens is 2. The van der Waals surface area contributed by atoms with Gasteiger partial charge in [-0.25, -0.2) is 18.7 Å². The number of anilines is 1. The number of aliphatic hydroxyl groups is 1. The Bertz CT molecular complexity index is 1140. The van der Waals surface area contributed by atoms with Crippen molar-refractivity contribution in [1.29, 1.82) is 0 Å². The Morgan fingerprint density at radius 3 is 2.38 bits per heavy atom. The van der Waals surface area contributed by atoms with Crippen LogP contribution in [0.5, 0.6) is 0 Å². The summed E-state index contributed by atoms with van der Waals surface area (Å²) in [6, 6.07) is 13.4. The van der Waals surface area contributed by atoms with Crippen LogP contribution >= 0.6 is 0 Å². The highest BCUT2D eigenvalue weighted by Crippen LogP contribution is 2.38. The monoisotopic (exact) mass is 508 g/mol. The van der Waals surface area contributed by atoms with E-state index in [1.54, 1.807) is 12.3 Å². The van der Waals surface area contributed by atoms with Gasteiger partial charge >= 0.3 is 0 Å². The largest absolute Gasteiger partial charge is 0.390 e. The first-order valence-electron chi connectivity index (χ1n) is 13.2. The topological polar surface area (TPSA) is 70.1 Å². The summed E-state index contributed by atoms with van der Waals surface area (Å²) in [5.41, 5.74) is 2.81. The zero-order chi connectivity index (χ0) is 26.5. The quantitative estimate of drug-likeness (QED) is 0.336. The molecule has 1 aliphatic carbocycles. The van der Waals surface area contributed by atoms with Crippen LogP contribution in [0, 0.1) is 11.6 Å². The Morgan fingerprint density at radius 2 is 1.73 bits per heavy atom. The van der Waals surface area contributed by atoms with Gasteiger partial charge in [0.15, 0.2) is 0 Å². The van der Waals surface area contributed by atoms with Gasteiger partial charge in [0.1, 0.15) is 23.8 Å². The number of nitrogens with one attached hydrogen (secondary N) is 2. The number of hydrogen-bond acceptors (Lipinski definition) is 5. The van der Waals surface area contributed by atoms with Crippen molar-refractivity contribution < 1.29 is 13.9 Å². The van der Waals surface area contributed by atoms with E-state index in [0.29, 0.717) is 17.9 Å². The van der Waals surface area contributed by atoms with Crippen LogP contribution in [0.1, 0.15) is 69.6 Å². The van der Waals surface area contributed by atoms with E-state index in [1.165, 1.54) is 36.0 Å². The summed E-state index contributed by atoms with van der Waals surface area (Å²) in [4.78, 5) is 8.16. The maximum atomic E-state index is 13.9. The van der Waals surface area contributed by atoms with E-state index in [0.717, 1.165) is 31.7 Å². The molecular formula is C30H38F2N4O. The third-order valence-corrected chi connectivity index (χ3v) is 7.40. The van der Waals surface area contributed by atoms with Crippen LogP contribution in [0.15, 0.2) is 61.1 Å². The Hall–Kier alpha value is -2.90. The summed E-state index contributed by atoms with van der Waals surface area (Å²) in [6.45, 7) is 6.97. The molecule has 2 aromatic carbocycles. The minimum atomic E-state index is -0.842. The average molecular weight is 509 g/mol. The zero-order valence-corrected chi connectivity index (χ0v) is 22.0. The second-order valence-corrected chi connectivity index (χ2v) is 11.2. The molecule has 7 heteroatoms. The molecule has 0 saturated heterocycles. The van der Waals surface area contributed by atoms with E-state index < -0.39 is 23.8 Å². The lowest BCUT2D eigenvalue weighted by atomic mass is 9.74. The molecular weight excluding hydrogens is 470 g/mol. The van der Waals surface area contributed by atoms with E-state index in [4.69, 9.17) is 0 Å². The fourth-order valence-electron chi connectivity index (χ4n) is 5.28. The first kappa shape index (κ1) is 27.1. The van der Waals surface area contributed by atoms with Gasteiger partial charge in [0.2, 0.25) is 0 Å². The third-order valence-electron chi connectivity index (χ3n) is 7.40. The van der Waals surface area contributed by atoms with Gasteiger partial charge in [-0.2, -0.15) is 0 Å². The van der Waals surface area contributed by atoms with Crippen molar-refractivity contribution >= 4 is 5.82 Å². The zero-order valence-electron chi connectivity index (χ0n) is 22.0. The van der Waals surface area contributed by atoms with Gasteiger partial charge in [0, 0.05) is 24.3 Å². The summed E-state index contributed by atoms with van der Waals surface area (Å²) in [5.74, 6) is -0.729. The number of rotatable bonds is 9. The summed E-state index contributed by atoms with van der Waals surface area (Å²) in [7, 11) is 0. The van der Waals surface area contributed by atoms with E-state index in [1.807, 2.05) is 0 Å². The predicted octanol–water partition coefficient (Wildman–Crippen LogP) is 5.89. The molecule has 198 valence electrons. The molecule has 0 radical (unpaired) electrons. The maximum Gasteiger partial charge on any atom is 0.129 e. The SMILES string of the molecule is CC(C)(C)c1cccc(C2(NC[C@@H](O)[C@H](Cc3cc(F)cc(F)c3)Nc3ccncn3)CCCCC2)c1. The van der Waals surface area contributed by atoms with Crippen molar-refractivity contribution in [2.24, 2.45) is 0 Å². The van der Waals surface area contributed by atoms with Crippen LogP contribution in [0.4, 0.5) is 14.6 Å². The van der Waals surface area contributed by atoms with Crippen LogP contribution in [-0.4, -0.2) is 33.8 Å². The van der Waals surface area contributed by atoms with Gasteiger partial charge in [-0.1, -0.05) is 64.3 Å². The predicted molar refractivity (Wildman–Crippen MR) is 143 cm³/mol. The molecule has 5 nitrogen and oxygen atoms in total.